The topological polar surface area (TPSA) is 157 Å². The molecule has 13 heteroatoms. The fourth-order valence-electron chi connectivity index (χ4n) is 5.44. The largest absolute Gasteiger partial charge is 0.497 e. The maximum atomic E-state index is 14.4. The summed E-state index contributed by atoms with van der Waals surface area (Å²) in [5.41, 5.74) is 2.47. The van der Waals surface area contributed by atoms with E-state index in [1.807, 2.05) is 24.3 Å². The second kappa shape index (κ2) is 12.6. The van der Waals surface area contributed by atoms with E-state index >= 15 is 0 Å². The minimum atomic E-state index is -4.64. The standard InChI is InChI=1S/C31H32N2O9P2/c1-41-25-13-9-21(10-14-25)19-32-29(23-5-3-7-27(17-23)43(35,36)37)30(24-6-4-8-28(18-24)44(38,39)40)33(31(32)34)20-22-11-15-26(42-2)16-12-22/h3-18,29-30H,19-20H2,1-2H3,(H2,35,36,37)(H2,38,39,40). The van der Waals surface area contributed by atoms with Gasteiger partial charge in [0.25, 0.3) is 0 Å². The van der Waals surface area contributed by atoms with E-state index in [1.54, 1.807) is 60.4 Å². The Morgan fingerprint density at radius 1 is 0.614 bits per heavy atom. The average Bonchev–Trinajstić information content (AvgIpc) is 3.27. The highest BCUT2D eigenvalue weighted by Gasteiger charge is 2.47. The van der Waals surface area contributed by atoms with Gasteiger partial charge < -0.3 is 38.8 Å². The van der Waals surface area contributed by atoms with Crippen LogP contribution in [0.4, 0.5) is 4.79 Å². The van der Waals surface area contributed by atoms with Crippen LogP contribution in [0.25, 0.3) is 0 Å². The Bertz CT molecular complexity index is 1610. The number of methoxy groups -OCH3 is 2. The highest BCUT2D eigenvalue weighted by Crippen LogP contribution is 2.48. The van der Waals surface area contributed by atoms with Gasteiger partial charge in [-0.3, -0.25) is 9.13 Å². The molecule has 11 nitrogen and oxygen atoms in total. The van der Waals surface area contributed by atoms with Gasteiger partial charge in [0, 0.05) is 13.1 Å². The molecule has 0 saturated carbocycles. The monoisotopic (exact) mass is 638 g/mol. The van der Waals surface area contributed by atoms with Crippen LogP contribution in [0, 0.1) is 0 Å². The summed E-state index contributed by atoms with van der Waals surface area (Å²) in [4.78, 5) is 57.5. The first-order valence-electron chi connectivity index (χ1n) is 13.5. The van der Waals surface area contributed by atoms with E-state index in [0.29, 0.717) is 22.6 Å². The third kappa shape index (κ3) is 6.74. The molecule has 0 spiro atoms. The van der Waals surface area contributed by atoms with E-state index in [-0.39, 0.29) is 29.7 Å². The second-order valence-electron chi connectivity index (χ2n) is 10.4. The van der Waals surface area contributed by atoms with Crippen molar-refractivity contribution in [3.05, 3.63) is 119 Å². The van der Waals surface area contributed by atoms with Crippen LogP contribution in [-0.4, -0.2) is 49.6 Å². The Labute approximate surface area is 254 Å². The summed E-state index contributed by atoms with van der Waals surface area (Å²) in [6.07, 6.45) is 0. The van der Waals surface area contributed by atoms with E-state index in [2.05, 4.69) is 0 Å². The van der Waals surface area contributed by atoms with Gasteiger partial charge in [0.05, 0.1) is 36.9 Å². The number of ether oxygens (including phenoxy) is 2. The summed E-state index contributed by atoms with van der Waals surface area (Å²) < 4.78 is 35.1. The van der Waals surface area contributed by atoms with Crippen molar-refractivity contribution in [3.8, 4) is 11.5 Å². The number of carbonyl (C=O) groups excluding carboxylic acids is 1. The molecule has 1 aliphatic heterocycles. The Kier molecular flexibility index (Phi) is 9.00. The average molecular weight is 639 g/mol. The Hall–Kier alpha value is -3.95. The number of carbonyl (C=O) groups is 1. The van der Waals surface area contributed by atoms with Crippen molar-refractivity contribution in [1.29, 1.82) is 0 Å². The van der Waals surface area contributed by atoms with Crippen LogP contribution in [0.1, 0.15) is 34.3 Å². The molecule has 2 amide bonds. The maximum absolute atomic E-state index is 14.4. The highest BCUT2D eigenvalue weighted by atomic mass is 31.2. The van der Waals surface area contributed by atoms with Gasteiger partial charge in [-0.25, -0.2) is 4.79 Å². The predicted octanol–water partition coefficient (Wildman–Crippen LogP) is 4.23. The number of benzene rings is 4. The van der Waals surface area contributed by atoms with E-state index in [0.717, 1.165) is 11.1 Å². The van der Waals surface area contributed by atoms with Gasteiger partial charge in [-0.2, -0.15) is 0 Å². The highest BCUT2D eigenvalue weighted by molar-refractivity contribution is 7.60. The Morgan fingerprint density at radius 2 is 0.977 bits per heavy atom. The molecular formula is C31H32N2O9P2. The van der Waals surface area contributed by atoms with Crippen molar-refractivity contribution in [3.63, 3.8) is 0 Å². The van der Waals surface area contributed by atoms with Crippen molar-refractivity contribution in [2.45, 2.75) is 25.2 Å². The summed E-state index contributed by atoms with van der Waals surface area (Å²) in [5.74, 6) is 1.28. The molecule has 4 N–H and O–H groups in total. The van der Waals surface area contributed by atoms with Crippen LogP contribution < -0.4 is 20.1 Å². The van der Waals surface area contributed by atoms with Crippen LogP contribution >= 0.6 is 15.2 Å². The molecule has 1 saturated heterocycles. The van der Waals surface area contributed by atoms with Crippen LogP contribution in [0.15, 0.2) is 97.1 Å². The smallest absolute Gasteiger partial charge is 0.356 e. The number of rotatable bonds is 10. The molecule has 1 heterocycles. The molecule has 0 aliphatic carbocycles. The lowest BCUT2D eigenvalue weighted by Crippen LogP contribution is -2.32. The summed E-state index contributed by atoms with van der Waals surface area (Å²) >= 11 is 0. The summed E-state index contributed by atoms with van der Waals surface area (Å²) in [6, 6.07) is 24.3. The van der Waals surface area contributed by atoms with E-state index in [4.69, 9.17) is 9.47 Å². The van der Waals surface area contributed by atoms with Crippen LogP contribution in [-0.2, 0) is 22.2 Å². The van der Waals surface area contributed by atoms with E-state index < -0.39 is 27.3 Å². The normalized spacial score (nSPS) is 17.2. The SMILES string of the molecule is COc1ccc(CN2C(=O)N(Cc3ccc(OC)cc3)C(c3cccc(P(=O)(O)O)c3)C2c2cccc(P(=O)(O)O)c2)cc1. The molecule has 0 radical (unpaired) electrons. The summed E-state index contributed by atoms with van der Waals surface area (Å²) in [6.45, 7) is 0.281. The molecule has 2 unspecified atom stereocenters. The van der Waals surface area contributed by atoms with Gasteiger partial charge in [0.2, 0.25) is 0 Å². The minimum Gasteiger partial charge on any atom is -0.497 e. The quantitative estimate of drug-likeness (QED) is 0.187. The summed E-state index contributed by atoms with van der Waals surface area (Å²) in [5, 5.41) is -0.411. The van der Waals surface area contributed by atoms with E-state index in [9.17, 15) is 33.5 Å². The van der Waals surface area contributed by atoms with Crippen LogP contribution in [0.3, 0.4) is 0 Å². The Morgan fingerprint density at radius 3 is 1.30 bits per heavy atom. The lowest BCUT2D eigenvalue weighted by Gasteiger charge is -2.30. The zero-order chi connectivity index (χ0) is 31.6. The van der Waals surface area contributed by atoms with Gasteiger partial charge >= 0.3 is 21.2 Å². The third-order valence-corrected chi connectivity index (χ3v) is 9.48. The van der Waals surface area contributed by atoms with Crippen molar-refractivity contribution in [2.24, 2.45) is 0 Å². The zero-order valence-electron chi connectivity index (χ0n) is 23.9. The van der Waals surface area contributed by atoms with Crippen LogP contribution in [0.2, 0.25) is 0 Å². The fourth-order valence-corrected chi connectivity index (χ4v) is 6.63. The first-order valence-corrected chi connectivity index (χ1v) is 16.8. The molecule has 1 aliphatic rings. The molecule has 44 heavy (non-hydrogen) atoms. The van der Waals surface area contributed by atoms with Gasteiger partial charge in [-0.05, 0) is 70.8 Å². The number of hydrogen-bond acceptors (Lipinski definition) is 5. The maximum Gasteiger partial charge on any atom is 0.356 e. The van der Waals surface area contributed by atoms with Gasteiger partial charge in [0.1, 0.15) is 11.5 Å². The summed E-state index contributed by atoms with van der Waals surface area (Å²) in [7, 11) is -6.18. The molecule has 0 aromatic heterocycles. The Balaban J connectivity index is 1.69. The molecule has 5 rings (SSSR count). The van der Waals surface area contributed by atoms with Gasteiger partial charge in [-0.15, -0.1) is 0 Å². The third-order valence-electron chi connectivity index (χ3n) is 7.58. The molecule has 4 aromatic carbocycles. The fraction of sp³-hybridized carbons (Fsp3) is 0.194. The second-order valence-corrected chi connectivity index (χ2v) is 13.6. The number of nitrogens with zero attached hydrogens (tertiary/aromatic N) is 2. The first-order chi connectivity index (χ1) is 20.9. The molecule has 4 aromatic rings. The lowest BCUT2D eigenvalue weighted by atomic mass is 9.92. The predicted molar refractivity (Wildman–Crippen MR) is 164 cm³/mol. The van der Waals surface area contributed by atoms with Crippen molar-refractivity contribution >= 4 is 31.8 Å². The molecular weight excluding hydrogens is 606 g/mol. The van der Waals surface area contributed by atoms with Gasteiger partial charge in [-0.1, -0.05) is 48.5 Å². The minimum absolute atomic E-state index is 0.140. The number of urea groups is 1. The first kappa shape index (κ1) is 31.5. The van der Waals surface area contributed by atoms with Crippen molar-refractivity contribution < 1.29 is 43.0 Å². The number of amides is 2. The van der Waals surface area contributed by atoms with E-state index in [1.165, 1.54) is 36.4 Å². The van der Waals surface area contributed by atoms with Crippen molar-refractivity contribution in [1.82, 2.24) is 9.80 Å². The zero-order valence-corrected chi connectivity index (χ0v) is 25.7. The van der Waals surface area contributed by atoms with Gasteiger partial charge in [0.15, 0.2) is 0 Å². The lowest BCUT2D eigenvalue weighted by molar-refractivity contribution is 0.181. The number of hydrogen-bond donors (Lipinski definition) is 4. The molecule has 1 fully saturated rings. The molecule has 0 bridgehead atoms. The molecule has 2 atom stereocenters. The van der Waals surface area contributed by atoms with Crippen LogP contribution in [0.5, 0.6) is 11.5 Å². The molecule has 230 valence electrons. The van der Waals surface area contributed by atoms with Crippen molar-refractivity contribution in [2.75, 3.05) is 14.2 Å².